The van der Waals surface area contributed by atoms with Gasteiger partial charge in [-0.3, -0.25) is 5.73 Å². The number of phenolic OH excluding ortho intramolecular Hbond substituents is 1. The Kier molecular flexibility index (Phi) is 13.7. The number of phenols is 1. The predicted octanol–water partition coefficient (Wildman–Crippen LogP) is 6.46. The van der Waals surface area contributed by atoms with Crippen molar-refractivity contribution in [2.75, 3.05) is 13.9 Å². The Morgan fingerprint density at radius 3 is 2.06 bits per heavy atom. The Balaban J connectivity index is 0.00000109. The van der Waals surface area contributed by atoms with E-state index in [9.17, 15) is 5.11 Å². The summed E-state index contributed by atoms with van der Waals surface area (Å²) < 4.78 is 22.0. The molecule has 0 fully saturated rings. The molecule has 3 N–H and O–H groups in total. The highest BCUT2D eigenvalue weighted by Gasteiger charge is 2.38. The number of methoxy groups -OCH3 is 1. The molecule has 0 bridgehead atoms. The topological polar surface area (TPSA) is 83.2 Å². The second-order valence-electron chi connectivity index (χ2n) is 6.06. The molecule has 6 heteroatoms. The van der Waals surface area contributed by atoms with E-state index in [2.05, 4.69) is 13.2 Å². The number of hydrogen-bond donors (Lipinski definition) is 2. The van der Waals surface area contributed by atoms with Crippen LogP contribution in [-0.2, 0) is 0 Å². The third-order valence-electron chi connectivity index (χ3n) is 4.73. The van der Waals surface area contributed by atoms with Crippen LogP contribution in [0.15, 0.2) is 43.5 Å². The fraction of sp³-hybridized carbons (Fsp3) is 0.462. The largest absolute Gasteiger partial charge is 0.504 e. The second-order valence-corrected chi connectivity index (χ2v) is 6.06. The second kappa shape index (κ2) is 15.0. The van der Waals surface area contributed by atoms with Gasteiger partial charge in [0.05, 0.1) is 7.11 Å². The van der Waals surface area contributed by atoms with Crippen LogP contribution in [0.2, 0.25) is 0 Å². The van der Waals surface area contributed by atoms with Gasteiger partial charge in [0.15, 0.2) is 29.2 Å². The zero-order valence-electron chi connectivity index (χ0n) is 20.9. The van der Waals surface area contributed by atoms with Gasteiger partial charge in [-0.05, 0) is 12.1 Å². The number of hydrogen-bond acceptors (Lipinski definition) is 6. The summed E-state index contributed by atoms with van der Waals surface area (Å²) in [5.74, 6) is 2.33. The number of para-hydroxylation sites is 1. The minimum atomic E-state index is -0.492. The number of benzene rings is 2. The third kappa shape index (κ3) is 6.10. The maximum atomic E-state index is 10.6. The van der Waals surface area contributed by atoms with Gasteiger partial charge in [0.1, 0.15) is 5.75 Å². The van der Waals surface area contributed by atoms with E-state index in [-0.39, 0.29) is 24.4 Å². The lowest BCUT2D eigenvalue weighted by Gasteiger charge is -2.36. The molecule has 0 spiro atoms. The molecular formula is C26H41NO5. The first-order chi connectivity index (χ1) is 15.6. The Bertz CT molecular complexity index is 809. The van der Waals surface area contributed by atoms with E-state index in [4.69, 9.17) is 24.7 Å². The van der Waals surface area contributed by atoms with Crippen molar-refractivity contribution in [3.63, 3.8) is 0 Å². The average Bonchev–Trinajstić information content (AvgIpc) is 3.32. The number of rotatable bonds is 2. The summed E-state index contributed by atoms with van der Waals surface area (Å²) >= 11 is 0. The molecule has 3 unspecified atom stereocenters. The van der Waals surface area contributed by atoms with Crippen LogP contribution in [-0.4, -0.2) is 25.2 Å². The van der Waals surface area contributed by atoms with Crippen molar-refractivity contribution in [1.29, 1.82) is 0 Å². The zero-order valence-corrected chi connectivity index (χ0v) is 20.9. The lowest BCUT2D eigenvalue weighted by Crippen LogP contribution is -2.41. The molecule has 0 aliphatic carbocycles. The molecule has 32 heavy (non-hydrogen) atoms. The minimum absolute atomic E-state index is 0.0455. The summed E-state index contributed by atoms with van der Waals surface area (Å²) in [5.41, 5.74) is 7.84. The summed E-state index contributed by atoms with van der Waals surface area (Å²) in [6, 6.07) is 9.17. The Morgan fingerprint density at radius 1 is 0.938 bits per heavy atom. The van der Waals surface area contributed by atoms with Crippen molar-refractivity contribution in [2.45, 2.75) is 60.6 Å². The Labute approximate surface area is 194 Å². The molecular weight excluding hydrogens is 406 g/mol. The predicted molar refractivity (Wildman–Crippen MR) is 132 cm³/mol. The first kappa shape index (κ1) is 29.1. The van der Waals surface area contributed by atoms with Crippen molar-refractivity contribution in [3.05, 3.63) is 54.6 Å². The molecule has 3 atom stereocenters. The molecule has 180 valence electrons. The highest BCUT2D eigenvalue weighted by Crippen LogP contribution is 2.50. The van der Waals surface area contributed by atoms with Crippen molar-refractivity contribution in [2.24, 2.45) is 11.7 Å². The van der Waals surface area contributed by atoms with Gasteiger partial charge in [-0.2, -0.15) is 0 Å². The molecule has 6 nitrogen and oxygen atoms in total. The van der Waals surface area contributed by atoms with Crippen molar-refractivity contribution in [1.82, 2.24) is 0 Å². The number of aromatic hydroxyl groups is 1. The van der Waals surface area contributed by atoms with Gasteiger partial charge in [0.2, 0.25) is 6.79 Å². The van der Waals surface area contributed by atoms with E-state index in [1.54, 1.807) is 12.1 Å². The smallest absolute Gasteiger partial charge is 0.231 e. The van der Waals surface area contributed by atoms with E-state index >= 15 is 0 Å². The van der Waals surface area contributed by atoms with E-state index < -0.39 is 6.23 Å². The molecule has 0 saturated heterocycles. The molecule has 2 aromatic carbocycles. The van der Waals surface area contributed by atoms with Crippen LogP contribution < -0.4 is 24.7 Å². The lowest BCUT2D eigenvalue weighted by atomic mass is 9.78. The highest BCUT2D eigenvalue weighted by atomic mass is 16.7. The molecule has 2 aromatic rings. The summed E-state index contributed by atoms with van der Waals surface area (Å²) in [7, 11) is 1.53. The molecule has 0 radical (unpaired) electrons. The van der Waals surface area contributed by atoms with Crippen LogP contribution in [0.3, 0.4) is 0 Å². The molecule has 2 aliphatic heterocycles. The maximum Gasteiger partial charge on any atom is 0.231 e. The van der Waals surface area contributed by atoms with E-state index in [1.165, 1.54) is 7.11 Å². The fourth-order valence-electron chi connectivity index (χ4n) is 3.42. The Hall–Kier alpha value is -2.86. The molecule has 0 aromatic heterocycles. The van der Waals surface area contributed by atoms with Gasteiger partial charge in [-0.1, -0.05) is 60.6 Å². The van der Waals surface area contributed by atoms with Crippen LogP contribution in [0.1, 0.15) is 65.5 Å². The summed E-state index contributed by atoms with van der Waals surface area (Å²) in [4.78, 5) is 0. The summed E-state index contributed by atoms with van der Waals surface area (Å²) in [6.07, 6.45) is -0.492. The molecule has 4 rings (SSSR count). The van der Waals surface area contributed by atoms with Gasteiger partial charge in [0, 0.05) is 29.0 Å². The van der Waals surface area contributed by atoms with Crippen LogP contribution in [0.5, 0.6) is 28.7 Å². The lowest BCUT2D eigenvalue weighted by molar-refractivity contribution is 0.115. The van der Waals surface area contributed by atoms with Crippen LogP contribution in [0.4, 0.5) is 0 Å². The fourth-order valence-corrected chi connectivity index (χ4v) is 3.42. The average molecular weight is 448 g/mol. The third-order valence-corrected chi connectivity index (χ3v) is 4.73. The molecule has 2 aliphatic rings. The highest BCUT2D eigenvalue weighted by molar-refractivity contribution is 5.58. The Morgan fingerprint density at radius 2 is 1.50 bits per heavy atom. The van der Waals surface area contributed by atoms with Gasteiger partial charge in [-0.15, -0.1) is 13.2 Å². The SMILES string of the molecule is C=C.CC.CC.CC.COc1cccc(C2c3cc4c(cc3OC(N)C2C)OCO4)c1O. The van der Waals surface area contributed by atoms with Gasteiger partial charge < -0.3 is 24.1 Å². The maximum absolute atomic E-state index is 10.6. The first-order valence-electron chi connectivity index (χ1n) is 11.3. The van der Waals surface area contributed by atoms with Crippen LogP contribution >= 0.6 is 0 Å². The van der Waals surface area contributed by atoms with E-state index in [1.807, 2.05) is 66.7 Å². The van der Waals surface area contributed by atoms with E-state index in [0.717, 1.165) is 11.1 Å². The van der Waals surface area contributed by atoms with Crippen molar-refractivity contribution in [3.8, 4) is 28.7 Å². The van der Waals surface area contributed by atoms with Crippen LogP contribution in [0.25, 0.3) is 0 Å². The van der Waals surface area contributed by atoms with Crippen molar-refractivity contribution < 1.29 is 24.1 Å². The van der Waals surface area contributed by atoms with Gasteiger partial charge in [0.25, 0.3) is 0 Å². The standard InChI is InChI=1S/C18H19NO5.3C2H6.C2H4/c1-9-16(10-4-3-5-12(21-2)17(10)20)11-6-14-15(23-8-22-14)7-13(11)24-18(9)19;4*1-2/h3-7,9,16,18,20H,8,19H2,1-2H3;3*1-2H3;1-2H2. The summed E-state index contributed by atoms with van der Waals surface area (Å²) in [5, 5.41) is 10.6. The quantitative estimate of drug-likeness (QED) is 0.514. The molecule has 0 amide bonds. The number of ether oxygens (including phenoxy) is 4. The van der Waals surface area contributed by atoms with Gasteiger partial charge in [-0.25, -0.2) is 0 Å². The van der Waals surface area contributed by atoms with Gasteiger partial charge >= 0.3 is 0 Å². The zero-order chi connectivity index (χ0) is 24.8. The first-order valence-corrected chi connectivity index (χ1v) is 11.3. The normalized spacial score (nSPS) is 18.8. The monoisotopic (exact) mass is 447 g/mol. The molecule has 0 saturated carbocycles. The summed E-state index contributed by atoms with van der Waals surface area (Å²) in [6.45, 7) is 20.2. The number of fused-ring (bicyclic) bond motifs is 2. The van der Waals surface area contributed by atoms with Crippen LogP contribution in [0, 0.1) is 5.92 Å². The molecule has 2 heterocycles. The van der Waals surface area contributed by atoms with E-state index in [0.29, 0.717) is 23.0 Å². The van der Waals surface area contributed by atoms with Crippen molar-refractivity contribution >= 4 is 0 Å². The number of nitrogens with two attached hydrogens (primary N) is 1. The minimum Gasteiger partial charge on any atom is -0.504 e.